The minimum atomic E-state index is -1.14. The van der Waals surface area contributed by atoms with Crippen molar-refractivity contribution in [3.05, 3.63) is 0 Å². The Balaban J connectivity index is 0.00000288. The van der Waals surface area contributed by atoms with Crippen molar-refractivity contribution < 1.29 is 68.5 Å². The zero-order valence-electron chi connectivity index (χ0n) is 15.9. The second kappa shape index (κ2) is 9.97. The van der Waals surface area contributed by atoms with Crippen LogP contribution in [0.5, 0.6) is 0 Å². The molecule has 2 aliphatic rings. The van der Waals surface area contributed by atoms with E-state index in [1.165, 1.54) is 0 Å². The van der Waals surface area contributed by atoms with E-state index in [-0.39, 0.29) is 80.5 Å². The van der Waals surface area contributed by atoms with Gasteiger partial charge in [-0.2, -0.15) is 0 Å². The van der Waals surface area contributed by atoms with Gasteiger partial charge in [0.05, 0.1) is 18.3 Å². The molecule has 0 aromatic carbocycles. The summed E-state index contributed by atoms with van der Waals surface area (Å²) in [7, 11) is 0. The molecule has 2 N–H and O–H groups in total. The first kappa shape index (κ1) is 23.3. The van der Waals surface area contributed by atoms with Gasteiger partial charge in [0.2, 0.25) is 0 Å². The summed E-state index contributed by atoms with van der Waals surface area (Å²) in [4.78, 5) is 0. The molecule has 2 heterocycles. The largest absolute Gasteiger partial charge is 0.387 e. The summed E-state index contributed by atoms with van der Waals surface area (Å²) in [5, 5.41) is 19.9. The number of aliphatic hydroxyl groups excluding tert-OH is 2. The summed E-state index contributed by atoms with van der Waals surface area (Å²) in [6, 6.07) is 0. The molecular formula is C18H34AcO5. The zero-order chi connectivity index (χ0) is 17.3. The van der Waals surface area contributed by atoms with Gasteiger partial charge in [0, 0.05) is 55.9 Å². The van der Waals surface area contributed by atoms with Crippen molar-refractivity contribution in [1.29, 1.82) is 0 Å². The van der Waals surface area contributed by atoms with Gasteiger partial charge in [-0.15, -0.1) is 0 Å². The van der Waals surface area contributed by atoms with Gasteiger partial charge in [0.25, 0.3) is 0 Å². The summed E-state index contributed by atoms with van der Waals surface area (Å²) in [5.74, 6) is 1.09. The van der Waals surface area contributed by atoms with E-state index in [2.05, 4.69) is 27.7 Å². The van der Waals surface area contributed by atoms with Crippen molar-refractivity contribution in [1.82, 2.24) is 0 Å². The SMILES string of the molecule is CCC1O[C@@H](O[C@H]2C(CC)OC(O)C(O)[C@H]2C)C(C)[C@@H](C)[C@H]1C.[Ac]. The second-order valence-corrected chi connectivity index (χ2v) is 7.45. The maximum absolute atomic E-state index is 10.1. The first-order valence-electron chi connectivity index (χ1n) is 9.14. The number of aliphatic hydroxyl groups is 2. The molecule has 24 heavy (non-hydrogen) atoms. The van der Waals surface area contributed by atoms with Crippen LogP contribution >= 0.6 is 0 Å². The maximum Gasteiger partial charge on any atom is 0.181 e. The molecule has 10 atom stereocenters. The summed E-state index contributed by atoms with van der Waals surface area (Å²) in [5.41, 5.74) is 0. The Morgan fingerprint density at radius 1 is 0.792 bits per heavy atom. The predicted octanol–water partition coefficient (Wildman–Crippen LogP) is 2.54. The first-order chi connectivity index (χ1) is 10.8. The second-order valence-electron chi connectivity index (χ2n) is 7.45. The molecule has 0 bridgehead atoms. The Bertz CT molecular complexity index is 378. The first-order valence-corrected chi connectivity index (χ1v) is 9.14. The van der Waals surface area contributed by atoms with E-state index in [9.17, 15) is 10.2 Å². The number of ether oxygens (including phenoxy) is 3. The van der Waals surface area contributed by atoms with Gasteiger partial charge >= 0.3 is 0 Å². The Morgan fingerprint density at radius 3 is 1.92 bits per heavy atom. The van der Waals surface area contributed by atoms with Gasteiger partial charge in [-0.1, -0.05) is 41.5 Å². The van der Waals surface area contributed by atoms with Crippen LogP contribution in [0.15, 0.2) is 0 Å². The molecule has 139 valence electrons. The van der Waals surface area contributed by atoms with Crippen molar-refractivity contribution >= 4 is 0 Å². The van der Waals surface area contributed by atoms with Crippen LogP contribution in [0.25, 0.3) is 0 Å². The van der Waals surface area contributed by atoms with Crippen molar-refractivity contribution in [3.8, 4) is 0 Å². The van der Waals surface area contributed by atoms with Crippen molar-refractivity contribution in [2.45, 2.75) is 91.4 Å². The summed E-state index contributed by atoms with van der Waals surface area (Å²) >= 11 is 0. The zero-order valence-corrected chi connectivity index (χ0v) is 20.6. The van der Waals surface area contributed by atoms with Crippen LogP contribution in [0.1, 0.15) is 54.4 Å². The molecule has 2 saturated heterocycles. The average Bonchev–Trinajstić information content (AvgIpc) is 2.55. The van der Waals surface area contributed by atoms with Crippen LogP contribution in [0.4, 0.5) is 0 Å². The van der Waals surface area contributed by atoms with Crippen molar-refractivity contribution in [2.24, 2.45) is 23.7 Å². The Labute approximate surface area is 182 Å². The number of hydrogen-bond donors (Lipinski definition) is 2. The van der Waals surface area contributed by atoms with E-state index < -0.39 is 12.4 Å². The summed E-state index contributed by atoms with van der Waals surface area (Å²) in [6.45, 7) is 12.7. The molecule has 0 spiro atoms. The van der Waals surface area contributed by atoms with E-state index >= 15 is 0 Å². The van der Waals surface area contributed by atoms with Crippen LogP contribution in [0, 0.1) is 67.7 Å². The predicted molar refractivity (Wildman–Crippen MR) is 87.7 cm³/mol. The Kier molecular flexibility index (Phi) is 9.67. The fourth-order valence-corrected chi connectivity index (χ4v) is 3.93. The Hall–Kier alpha value is 1.24. The maximum atomic E-state index is 10.1. The van der Waals surface area contributed by atoms with E-state index in [4.69, 9.17) is 14.2 Å². The molecule has 6 heteroatoms. The number of hydrogen-bond acceptors (Lipinski definition) is 5. The van der Waals surface area contributed by atoms with E-state index in [1.54, 1.807) is 0 Å². The van der Waals surface area contributed by atoms with Gasteiger partial charge in [-0.25, -0.2) is 0 Å². The summed E-state index contributed by atoms with van der Waals surface area (Å²) < 4.78 is 18.1. The molecule has 0 amide bonds. The van der Waals surface area contributed by atoms with E-state index in [0.717, 1.165) is 12.8 Å². The minimum Gasteiger partial charge on any atom is -0.387 e. The fraction of sp³-hybridized carbons (Fsp3) is 1.00. The molecule has 2 rings (SSSR count). The van der Waals surface area contributed by atoms with E-state index in [1.807, 2.05) is 13.8 Å². The smallest absolute Gasteiger partial charge is 0.181 e. The molecule has 0 aromatic rings. The normalized spacial score (nSPS) is 49.5. The van der Waals surface area contributed by atoms with Crippen molar-refractivity contribution in [2.75, 3.05) is 0 Å². The van der Waals surface area contributed by atoms with Crippen LogP contribution in [0.2, 0.25) is 0 Å². The minimum absolute atomic E-state index is 0. The Morgan fingerprint density at radius 2 is 1.38 bits per heavy atom. The summed E-state index contributed by atoms with van der Waals surface area (Å²) in [6.07, 6.45) is -0.976. The third kappa shape index (κ3) is 4.74. The van der Waals surface area contributed by atoms with Crippen molar-refractivity contribution in [3.63, 3.8) is 0 Å². The fourth-order valence-electron chi connectivity index (χ4n) is 3.93. The number of rotatable bonds is 4. The van der Waals surface area contributed by atoms with Gasteiger partial charge < -0.3 is 24.4 Å². The monoisotopic (exact) mass is 557 g/mol. The van der Waals surface area contributed by atoms with Crippen LogP contribution in [-0.2, 0) is 14.2 Å². The third-order valence-corrected chi connectivity index (χ3v) is 6.11. The van der Waals surface area contributed by atoms with Gasteiger partial charge in [0.15, 0.2) is 12.6 Å². The standard InChI is InChI=1S/C18H34O5.Ac/c1-7-13-10(4)9(3)11(5)18(22-13)23-16-12(6)15(19)17(20)21-14(16)8-2;/h9-20H,7-8H2,1-6H3;/t9-,10+,11?,12+,13?,14?,15?,16+,17?,18-;/m0./s1. The average molecular weight is 557 g/mol. The molecule has 2 fully saturated rings. The quantitative estimate of drug-likeness (QED) is 0.557. The van der Waals surface area contributed by atoms with Gasteiger partial charge in [-0.3, -0.25) is 0 Å². The molecule has 0 aromatic heterocycles. The van der Waals surface area contributed by atoms with Crippen LogP contribution in [-0.4, -0.2) is 47.2 Å². The van der Waals surface area contributed by atoms with Crippen LogP contribution < -0.4 is 0 Å². The molecule has 5 nitrogen and oxygen atoms in total. The molecule has 0 aliphatic carbocycles. The molecule has 0 saturated carbocycles. The van der Waals surface area contributed by atoms with E-state index in [0.29, 0.717) is 11.8 Å². The topological polar surface area (TPSA) is 68.2 Å². The van der Waals surface area contributed by atoms with Gasteiger partial charge in [-0.05, 0) is 24.7 Å². The van der Waals surface area contributed by atoms with Gasteiger partial charge in [0.1, 0.15) is 6.10 Å². The molecule has 5 unspecified atom stereocenters. The third-order valence-electron chi connectivity index (χ3n) is 6.11. The molecule has 1 radical (unpaired) electrons. The molecule has 2 aliphatic heterocycles. The van der Waals surface area contributed by atoms with Crippen LogP contribution in [0.3, 0.4) is 0 Å². The molecular weight excluding hydrogens is 523 g/mol.